The standard InChI is InChI=1S/C14H13N3O2/c1-2-3-4-7-12(10-17(18)19)13-11-16-9-6-5-8-14(16)15-13/h2-11H,1H3/b3-2-,7-4-,12-10-. The Balaban J connectivity index is 2.45. The second-order valence-electron chi connectivity index (χ2n) is 3.85. The molecular weight excluding hydrogens is 242 g/mol. The first-order chi connectivity index (χ1) is 9.20. The van der Waals surface area contributed by atoms with E-state index in [1.165, 1.54) is 0 Å². The van der Waals surface area contributed by atoms with Crippen LogP contribution in [-0.2, 0) is 0 Å². The molecule has 2 aromatic heterocycles. The monoisotopic (exact) mass is 255 g/mol. The summed E-state index contributed by atoms with van der Waals surface area (Å²) in [4.78, 5) is 14.6. The number of allylic oxidation sites excluding steroid dienone is 5. The first kappa shape index (κ1) is 12.8. The number of nitro groups is 1. The molecule has 0 unspecified atom stereocenters. The zero-order chi connectivity index (χ0) is 13.7. The molecule has 96 valence electrons. The number of imidazole rings is 1. The molecule has 0 saturated heterocycles. The smallest absolute Gasteiger partial charge is 0.243 e. The van der Waals surface area contributed by atoms with Crippen molar-refractivity contribution in [3.05, 3.63) is 76.9 Å². The molecular formula is C14H13N3O2. The highest BCUT2D eigenvalue weighted by molar-refractivity contribution is 5.72. The molecule has 19 heavy (non-hydrogen) atoms. The van der Waals surface area contributed by atoms with Gasteiger partial charge in [0.1, 0.15) is 5.65 Å². The van der Waals surface area contributed by atoms with Gasteiger partial charge in [-0.3, -0.25) is 10.1 Å². The lowest BCUT2D eigenvalue weighted by Crippen LogP contribution is -1.89. The number of pyridine rings is 1. The third kappa shape index (κ3) is 3.16. The number of rotatable bonds is 4. The van der Waals surface area contributed by atoms with E-state index in [0.29, 0.717) is 11.3 Å². The summed E-state index contributed by atoms with van der Waals surface area (Å²) in [6.45, 7) is 1.88. The maximum Gasteiger partial charge on any atom is 0.243 e. The van der Waals surface area contributed by atoms with Gasteiger partial charge in [0.15, 0.2) is 0 Å². The van der Waals surface area contributed by atoms with E-state index in [1.807, 2.05) is 47.9 Å². The maximum atomic E-state index is 10.7. The van der Waals surface area contributed by atoms with Gasteiger partial charge in [-0.05, 0) is 25.1 Å². The Hall–Kier alpha value is -2.69. The van der Waals surface area contributed by atoms with Crippen LogP contribution >= 0.6 is 0 Å². The molecule has 2 heterocycles. The Morgan fingerprint density at radius 1 is 1.42 bits per heavy atom. The summed E-state index contributed by atoms with van der Waals surface area (Å²) in [6, 6.07) is 5.60. The summed E-state index contributed by atoms with van der Waals surface area (Å²) in [5.74, 6) is 0. The quantitative estimate of drug-likeness (QED) is 0.479. The van der Waals surface area contributed by atoms with Gasteiger partial charge in [0.25, 0.3) is 0 Å². The van der Waals surface area contributed by atoms with Crippen molar-refractivity contribution in [3.8, 4) is 0 Å². The number of hydrogen-bond donors (Lipinski definition) is 0. The molecule has 0 bridgehead atoms. The summed E-state index contributed by atoms with van der Waals surface area (Å²) in [6.07, 6.45) is 11.7. The fraction of sp³-hybridized carbons (Fsp3) is 0.0714. The van der Waals surface area contributed by atoms with Crippen LogP contribution in [0.1, 0.15) is 12.6 Å². The van der Waals surface area contributed by atoms with Crippen molar-refractivity contribution in [1.29, 1.82) is 0 Å². The van der Waals surface area contributed by atoms with E-state index < -0.39 is 4.92 Å². The number of aromatic nitrogens is 2. The van der Waals surface area contributed by atoms with Crippen LogP contribution in [0.5, 0.6) is 0 Å². The predicted octanol–water partition coefficient (Wildman–Crippen LogP) is 3.08. The third-order valence-electron chi connectivity index (χ3n) is 2.48. The highest BCUT2D eigenvalue weighted by atomic mass is 16.6. The molecule has 0 saturated carbocycles. The van der Waals surface area contributed by atoms with E-state index in [9.17, 15) is 10.1 Å². The Labute approximate surface area is 110 Å². The fourth-order valence-corrected chi connectivity index (χ4v) is 1.65. The van der Waals surface area contributed by atoms with Gasteiger partial charge in [0, 0.05) is 12.4 Å². The average Bonchev–Trinajstić information content (AvgIpc) is 2.81. The minimum atomic E-state index is -0.473. The Morgan fingerprint density at radius 3 is 2.95 bits per heavy atom. The zero-order valence-electron chi connectivity index (χ0n) is 10.4. The molecule has 0 radical (unpaired) electrons. The molecule has 2 rings (SSSR count). The second kappa shape index (κ2) is 5.77. The summed E-state index contributed by atoms with van der Waals surface area (Å²) in [7, 11) is 0. The zero-order valence-corrected chi connectivity index (χ0v) is 10.4. The van der Waals surface area contributed by atoms with Gasteiger partial charge in [-0.1, -0.05) is 24.3 Å². The lowest BCUT2D eigenvalue weighted by atomic mass is 10.2. The molecule has 0 N–H and O–H groups in total. The van der Waals surface area contributed by atoms with E-state index in [4.69, 9.17) is 0 Å². The minimum absolute atomic E-state index is 0.465. The lowest BCUT2D eigenvalue weighted by molar-refractivity contribution is -0.401. The molecule has 2 aromatic rings. The first-order valence-corrected chi connectivity index (χ1v) is 5.79. The van der Waals surface area contributed by atoms with Crippen molar-refractivity contribution in [3.63, 3.8) is 0 Å². The molecule has 0 atom stereocenters. The fourth-order valence-electron chi connectivity index (χ4n) is 1.65. The molecule has 0 spiro atoms. The molecule has 0 aromatic carbocycles. The van der Waals surface area contributed by atoms with E-state index in [0.717, 1.165) is 11.8 Å². The van der Waals surface area contributed by atoms with Crippen LogP contribution in [0.25, 0.3) is 11.2 Å². The molecule has 5 nitrogen and oxygen atoms in total. The minimum Gasteiger partial charge on any atom is -0.306 e. The molecule has 0 fully saturated rings. The summed E-state index contributed by atoms with van der Waals surface area (Å²) < 4.78 is 1.83. The molecule has 0 aliphatic heterocycles. The highest BCUT2D eigenvalue weighted by Gasteiger charge is 2.07. The van der Waals surface area contributed by atoms with E-state index in [1.54, 1.807) is 18.3 Å². The van der Waals surface area contributed by atoms with Crippen molar-refractivity contribution < 1.29 is 4.92 Å². The van der Waals surface area contributed by atoms with Crippen LogP contribution in [-0.4, -0.2) is 14.3 Å². The summed E-state index contributed by atoms with van der Waals surface area (Å²) >= 11 is 0. The maximum absolute atomic E-state index is 10.7. The molecule has 0 aliphatic rings. The largest absolute Gasteiger partial charge is 0.306 e. The van der Waals surface area contributed by atoms with Gasteiger partial charge < -0.3 is 4.40 Å². The Morgan fingerprint density at radius 2 is 2.26 bits per heavy atom. The Bertz CT molecular complexity index is 648. The third-order valence-corrected chi connectivity index (χ3v) is 2.48. The predicted molar refractivity (Wildman–Crippen MR) is 74.1 cm³/mol. The molecule has 5 heteroatoms. The van der Waals surface area contributed by atoms with Crippen LogP contribution in [0.3, 0.4) is 0 Å². The van der Waals surface area contributed by atoms with Gasteiger partial charge in [-0.2, -0.15) is 0 Å². The van der Waals surface area contributed by atoms with Crippen LogP contribution < -0.4 is 0 Å². The van der Waals surface area contributed by atoms with Gasteiger partial charge >= 0.3 is 0 Å². The van der Waals surface area contributed by atoms with E-state index >= 15 is 0 Å². The van der Waals surface area contributed by atoms with Crippen LogP contribution in [0.15, 0.2) is 61.1 Å². The van der Waals surface area contributed by atoms with Crippen molar-refractivity contribution in [2.45, 2.75) is 6.92 Å². The van der Waals surface area contributed by atoms with Crippen molar-refractivity contribution >= 4 is 11.2 Å². The topological polar surface area (TPSA) is 60.4 Å². The van der Waals surface area contributed by atoms with Crippen molar-refractivity contribution in [2.24, 2.45) is 0 Å². The number of nitrogens with zero attached hydrogens (tertiary/aromatic N) is 3. The number of fused-ring (bicyclic) bond motifs is 1. The van der Waals surface area contributed by atoms with Crippen LogP contribution in [0.2, 0.25) is 0 Å². The first-order valence-electron chi connectivity index (χ1n) is 5.79. The normalized spacial score (nSPS) is 12.8. The Kier molecular flexibility index (Phi) is 3.87. The van der Waals surface area contributed by atoms with E-state index in [-0.39, 0.29) is 0 Å². The average molecular weight is 255 g/mol. The molecule has 0 amide bonds. The lowest BCUT2D eigenvalue weighted by Gasteiger charge is -1.92. The summed E-state index contributed by atoms with van der Waals surface area (Å²) in [5.41, 5.74) is 1.79. The van der Waals surface area contributed by atoms with Crippen molar-refractivity contribution in [2.75, 3.05) is 0 Å². The van der Waals surface area contributed by atoms with Crippen LogP contribution in [0.4, 0.5) is 0 Å². The van der Waals surface area contributed by atoms with E-state index in [2.05, 4.69) is 4.98 Å². The SMILES string of the molecule is C\C=C/C=C\C(=C\[N+](=O)[O-])c1cn2ccccc2n1. The van der Waals surface area contributed by atoms with Gasteiger partial charge in [-0.25, -0.2) is 4.98 Å². The summed E-state index contributed by atoms with van der Waals surface area (Å²) in [5, 5.41) is 10.7. The highest BCUT2D eigenvalue weighted by Crippen LogP contribution is 2.16. The van der Waals surface area contributed by atoms with Gasteiger partial charge in [0.05, 0.1) is 16.2 Å². The van der Waals surface area contributed by atoms with Gasteiger partial charge in [-0.15, -0.1) is 0 Å². The van der Waals surface area contributed by atoms with Crippen molar-refractivity contribution in [1.82, 2.24) is 9.38 Å². The molecule has 0 aliphatic carbocycles. The second-order valence-corrected chi connectivity index (χ2v) is 3.85. The van der Waals surface area contributed by atoms with Crippen LogP contribution in [0, 0.1) is 10.1 Å². The van der Waals surface area contributed by atoms with Gasteiger partial charge in [0.2, 0.25) is 6.20 Å². The number of hydrogen-bond acceptors (Lipinski definition) is 3.